The first kappa shape index (κ1) is 22.3. The third-order valence-corrected chi connectivity index (χ3v) is 6.04. The third-order valence-electron chi connectivity index (χ3n) is 6.04. The molecule has 0 spiro atoms. The van der Waals surface area contributed by atoms with E-state index in [1.165, 1.54) is 0 Å². The molecular weight excluding hydrogens is 410 g/mol. The molecule has 5 nitrogen and oxygen atoms in total. The molecule has 0 saturated carbocycles. The van der Waals surface area contributed by atoms with Crippen molar-refractivity contribution in [1.82, 2.24) is 9.88 Å². The molecular formula is C28H29N3O2. The van der Waals surface area contributed by atoms with Gasteiger partial charge in [0.05, 0.1) is 0 Å². The van der Waals surface area contributed by atoms with Crippen molar-refractivity contribution in [3.63, 3.8) is 0 Å². The van der Waals surface area contributed by atoms with Gasteiger partial charge in [-0.15, -0.1) is 0 Å². The molecule has 1 atom stereocenters. The van der Waals surface area contributed by atoms with E-state index in [-0.39, 0.29) is 18.4 Å². The van der Waals surface area contributed by atoms with E-state index in [1.54, 1.807) is 11.9 Å². The number of nitrogens with zero attached hydrogens (tertiary/aromatic N) is 2. The number of para-hydroxylation sites is 2. The molecule has 0 aliphatic carbocycles. The summed E-state index contributed by atoms with van der Waals surface area (Å²) in [5.41, 5.74) is 4.86. The maximum Gasteiger partial charge on any atom is 0.249 e. The number of hydrogen-bond donors (Lipinski definition) is 1. The molecule has 0 radical (unpaired) electrons. The van der Waals surface area contributed by atoms with E-state index >= 15 is 0 Å². The lowest BCUT2D eigenvalue weighted by atomic mass is 10.0. The number of aromatic nitrogens is 1. The molecule has 33 heavy (non-hydrogen) atoms. The van der Waals surface area contributed by atoms with Gasteiger partial charge in [-0.3, -0.25) is 9.59 Å². The first-order valence-electron chi connectivity index (χ1n) is 11.2. The standard InChI is InChI=1S/C28H29N3O2/c1-20-11-7-9-15-25(20)30(3)28(33)24(18-22-12-5-4-6-13-22)29-27(32)19-31-21(2)17-23-14-8-10-16-26(23)31/h4-17,24H,18-19H2,1-3H3,(H,29,32)/t24-/m0/s1. The van der Waals surface area contributed by atoms with Crippen LogP contribution in [0.5, 0.6) is 0 Å². The third kappa shape index (κ3) is 4.98. The van der Waals surface area contributed by atoms with E-state index in [4.69, 9.17) is 0 Å². The molecule has 0 fully saturated rings. The number of fused-ring (bicyclic) bond motifs is 1. The van der Waals surface area contributed by atoms with E-state index in [1.807, 2.05) is 97.3 Å². The summed E-state index contributed by atoms with van der Waals surface area (Å²) in [5, 5.41) is 4.11. The number of benzene rings is 3. The van der Waals surface area contributed by atoms with Crippen molar-refractivity contribution in [2.45, 2.75) is 32.9 Å². The molecule has 168 valence electrons. The van der Waals surface area contributed by atoms with E-state index in [0.29, 0.717) is 6.42 Å². The number of anilines is 1. The Hall–Kier alpha value is -3.86. The maximum absolute atomic E-state index is 13.5. The Bertz CT molecular complexity index is 1280. The van der Waals surface area contributed by atoms with Crippen molar-refractivity contribution < 1.29 is 9.59 Å². The zero-order chi connectivity index (χ0) is 23.4. The van der Waals surface area contributed by atoms with Crippen molar-refractivity contribution >= 4 is 28.4 Å². The molecule has 1 N–H and O–H groups in total. The van der Waals surface area contributed by atoms with Crippen LogP contribution in [0.15, 0.2) is 84.9 Å². The molecule has 0 unspecified atom stereocenters. The fourth-order valence-corrected chi connectivity index (χ4v) is 4.28. The number of hydrogen-bond acceptors (Lipinski definition) is 2. The predicted molar refractivity (Wildman–Crippen MR) is 133 cm³/mol. The zero-order valence-electron chi connectivity index (χ0n) is 19.3. The lowest BCUT2D eigenvalue weighted by molar-refractivity contribution is -0.127. The van der Waals surface area contributed by atoms with Gasteiger partial charge in [0, 0.05) is 30.4 Å². The summed E-state index contributed by atoms with van der Waals surface area (Å²) in [6.45, 7) is 4.13. The van der Waals surface area contributed by atoms with E-state index in [0.717, 1.165) is 33.4 Å². The van der Waals surface area contributed by atoms with Crippen LogP contribution in [0.2, 0.25) is 0 Å². The Labute approximate surface area is 194 Å². The van der Waals surface area contributed by atoms with Crippen molar-refractivity contribution in [3.8, 4) is 0 Å². The highest BCUT2D eigenvalue weighted by Gasteiger charge is 2.26. The maximum atomic E-state index is 13.5. The molecule has 2 amide bonds. The van der Waals surface area contributed by atoms with Crippen LogP contribution >= 0.6 is 0 Å². The summed E-state index contributed by atoms with van der Waals surface area (Å²) < 4.78 is 1.99. The van der Waals surface area contributed by atoms with Crippen LogP contribution in [0.3, 0.4) is 0 Å². The van der Waals surface area contributed by atoms with Crippen LogP contribution in [0.4, 0.5) is 5.69 Å². The second-order valence-electron chi connectivity index (χ2n) is 8.42. The first-order valence-corrected chi connectivity index (χ1v) is 11.2. The zero-order valence-corrected chi connectivity index (χ0v) is 19.3. The van der Waals surface area contributed by atoms with Crippen LogP contribution in [-0.4, -0.2) is 29.5 Å². The Morgan fingerprint density at radius 3 is 2.33 bits per heavy atom. The number of amides is 2. The number of nitrogens with one attached hydrogen (secondary N) is 1. The fraction of sp³-hybridized carbons (Fsp3) is 0.214. The molecule has 1 aromatic heterocycles. The molecule has 1 heterocycles. The van der Waals surface area contributed by atoms with E-state index in [2.05, 4.69) is 11.4 Å². The van der Waals surface area contributed by atoms with Crippen LogP contribution < -0.4 is 10.2 Å². The van der Waals surface area contributed by atoms with Gasteiger partial charge in [0.2, 0.25) is 11.8 Å². The summed E-state index contributed by atoms with van der Waals surface area (Å²) in [6, 6.07) is 26.9. The van der Waals surface area contributed by atoms with E-state index in [9.17, 15) is 9.59 Å². The Morgan fingerprint density at radius 2 is 1.58 bits per heavy atom. The molecule has 0 bridgehead atoms. The Balaban J connectivity index is 1.57. The molecule has 0 saturated heterocycles. The predicted octanol–water partition coefficient (Wildman–Crippen LogP) is 4.65. The molecule has 4 aromatic rings. The van der Waals surface area contributed by atoms with E-state index < -0.39 is 6.04 Å². The van der Waals surface area contributed by atoms with Gasteiger partial charge in [-0.25, -0.2) is 0 Å². The lowest BCUT2D eigenvalue weighted by Gasteiger charge is -2.26. The summed E-state index contributed by atoms with van der Waals surface area (Å²) in [5.74, 6) is -0.331. The lowest BCUT2D eigenvalue weighted by Crippen LogP contribution is -2.49. The minimum atomic E-state index is -0.674. The van der Waals surface area contributed by atoms with Crippen LogP contribution in [0.25, 0.3) is 10.9 Å². The van der Waals surface area contributed by atoms with Gasteiger partial charge >= 0.3 is 0 Å². The summed E-state index contributed by atoms with van der Waals surface area (Å²) in [7, 11) is 1.76. The van der Waals surface area contributed by atoms with Gasteiger partial charge in [0.25, 0.3) is 0 Å². The smallest absolute Gasteiger partial charge is 0.249 e. The summed E-state index contributed by atoms with van der Waals surface area (Å²) in [6.07, 6.45) is 0.424. The number of aryl methyl sites for hydroxylation is 2. The van der Waals surface area contributed by atoms with Gasteiger partial charge in [-0.05, 0) is 48.6 Å². The minimum absolute atomic E-state index is 0.143. The van der Waals surface area contributed by atoms with Gasteiger partial charge in [0.1, 0.15) is 12.6 Å². The van der Waals surface area contributed by atoms with Gasteiger partial charge in [-0.1, -0.05) is 66.7 Å². The van der Waals surface area contributed by atoms with Crippen LogP contribution in [0, 0.1) is 13.8 Å². The molecule has 0 aliphatic heterocycles. The van der Waals surface area contributed by atoms with Crippen molar-refractivity contribution in [2.24, 2.45) is 0 Å². The summed E-state index contributed by atoms with van der Waals surface area (Å²) >= 11 is 0. The summed E-state index contributed by atoms with van der Waals surface area (Å²) in [4.78, 5) is 28.3. The molecule has 3 aromatic carbocycles. The van der Waals surface area contributed by atoms with Gasteiger partial charge in [-0.2, -0.15) is 0 Å². The monoisotopic (exact) mass is 439 g/mol. The second-order valence-corrected chi connectivity index (χ2v) is 8.42. The van der Waals surface area contributed by atoms with Gasteiger partial charge < -0.3 is 14.8 Å². The normalized spacial score (nSPS) is 11.8. The highest BCUT2D eigenvalue weighted by Crippen LogP contribution is 2.21. The quantitative estimate of drug-likeness (QED) is 0.456. The largest absolute Gasteiger partial charge is 0.342 e. The topological polar surface area (TPSA) is 54.3 Å². The molecule has 5 heteroatoms. The molecule has 0 aliphatic rings. The van der Waals surface area contributed by atoms with Crippen LogP contribution in [0.1, 0.15) is 16.8 Å². The van der Waals surface area contributed by atoms with Gasteiger partial charge in [0.15, 0.2) is 0 Å². The van der Waals surface area contributed by atoms with Crippen LogP contribution in [-0.2, 0) is 22.6 Å². The number of carbonyl (C=O) groups is 2. The van der Waals surface area contributed by atoms with Crippen molar-refractivity contribution in [2.75, 3.05) is 11.9 Å². The Kier molecular flexibility index (Phi) is 6.59. The second kappa shape index (κ2) is 9.74. The SMILES string of the molecule is Cc1ccccc1N(C)C(=O)[C@H](Cc1ccccc1)NC(=O)Cn1c(C)cc2ccccc21. The number of rotatable bonds is 7. The number of likely N-dealkylation sites (N-methyl/N-ethyl adjacent to an activating group) is 1. The first-order chi connectivity index (χ1) is 15.9. The average molecular weight is 440 g/mol. The average Bonchev–Trinajstić information content (AvgIpc) is 3.13. The van der Waals surface area contributed by atoms with Crippen molar-refractivity contribution in [1.29, 1.82) is 0 Å². The highest BCUT2D eigenvalue weighted by atomic mass is 16.2. The number of carbonyl (C=O) groups excluding carboxylic acids is 2. The van der Waals surface area contributed by atoms with Crippen molar-refractivity contribution in [3.05, 3.63) is 102 Å². The minimum Gasteiger partial charge on any atom is -0.342 e. The Morgan fingerprint density at radius 1 is 0.909 bits per heavy atom. The fourth-order valence-electron chi connectivity index (χ4n) is 4.28. The molecule has 4 rings (SSSR count). The highest BCUT2D eigenvalue weighted by molar-refractivity contribution is 5.99.